The normalized spacial score (nSPS) is 6.60. The molecule has 1 rings (SSSR count). The molecule has 0 bridgehead atoms. The van der Waals surface area contributed by atoms with Gasteiger partial charge in [0.2, 0.25) is 0 Å². The first-order valence-corrected chi connectivity index (χ1v) is 2.49. The maximum Gasteiger partial charge on any atom is 0 e. The Morgan fingerprint density at radius 2 is 1.80 bits per heavy atom. The summed E-state index contributed by atoms with van der Waals surface area (Å²) in [6.07, 6.45) is 0. The topological polar surface area (TPSA) is 0 Å². The summed E-state index contributed by atoms with van der Waals surface area (Å²) in [6, 6.07) is 6.31. The van der Waals surface area contributed by atoms with Crippen molar-refractivity contribution in [3.63, 3.8) is 0 Å². The van der Waals surface area contributed by atoms with Gasteiger partial charge in [-0.25, -0.2) is 12.1 Å². The third-order valence-corrected chi connectivity index (χ3v) is 1.31. The third-order valence-electron chi connectivity index (χ3n) is 1.31. The summed E-state index contributed by atoms with van der Waals surface area (Å²) < 4.78 is 0. The molecule has 0 saturated carbocycles. The fourth-order valence-electron chi connectivity index (χ4n) is 0.600. The summed E-state index contributed by atoms with van der Waals surface area (Å²) in [4.78, 5) is 0. The van der Waals surface area contributed by atoms with Crippen molar-refractivity contribution >= 4 is 24.8 Å². The molecule has 0 heterocycles. The molecule has 0 radical (unpaired) electrons. The van der Waals surface area contributed by atoms with E-state index in [4.69, 9.17) is 0 Å². The zero-order chi connectivity index (χ0) is 5.28. The zero-order valence-corrected chi connectivity index (χ0v) is 10.1. The van der Waals surface area contributed by atoms with E-state index in [2.05, 4.69) is 32.0 Å². The quantitative estimate of drug-likeness (QED) is 0.627. The van der Waals surface area contributed by atoms with Crippen LogP contribution in [0, 0.1) is 13.8 Å². The van der Waals surface area contributed by atoms with Crippen LogP contribution < -0.4 is 0 Å². The van der Waals surface area contributed by atoms with Gasteiger partial charge >= 0.3 is 0 Å². The predicted octanol–water partition coefficient (Wildman–Crippen LogP) is 2.86. The van der Waals surface area contributed by atoms with Crippen LogP contribution in [0.5, 0.6) is 0 Å². The number of aryl methyl sites for hydroxylation is 2. The van der Waals surface area contributed by atoms with Crippen LogP contribution in [0.15, 0.2) is 18.2 Å². The van der Waals surface area contributed by atoms with Crippen LogP contribution in [0.3, 0.4) is 0 Å². The van der Waals surface area contributed by atoms with Crippen molar-refractivity contribution < 1.29 is 26.2 Å². The monoisotopic (exact) mass is 255 g/mol. The summed E-state index contributed by atoms with van der Waals surface area (Å²) in [7, 11) is 0. The molecule has 0 aliphatic heterocycles. The molecular weight excluding hydrogens is 246 g/mol. The van der Waals surface area contributed by atoms with Crippen LogP contribution in [0.2, 0.25) is 0 Å². The van der Waals surface area contributed by atoms with Crippen molar-refractivity contribution in [2.75, 3.05) is 0 Å². The van der Waals surface area contributed by atoms with E-state index in [-0.39, 0.29) is 51.0 Å². The molecule has 0 aromatic heterocycles. The SMILES string of the molecule is Cc1ccc[c-]1C.Cl.Cl.[Zr]. The van der Waals surface area contributed by atoms with E-state index < -0.39 is 0 Å². The zero-order valence-electron chi connectivity index (χ0n) is 6.05. The van der Waals surface area contributed by atoms with Gasteiger partial charge in [-0.3, -0.25) is 0 Å². The van der Waals surface area contributed by atoms with Crippen molar-refractivity contribution in [2.45, 2.75) is 13.8 Å². The Kier molecular flexibility index (Phi) is 13.5. The Bertz CT molecular complexity index is 144. The summed E-state index contributed by atoms with van der Waals surface area (Å²) in [6.45, 7) is 4.24. The fourth-order valence-corrected chi connectivity index (χ4v) is 0.600. The van der Waals surface area contributed by atoms with Gasteiger partial charge in [0, 0.05) is 26.2 Å². The van der Waals surface area contributed by atoms with E-state index in [1.807, 2.05) is 0 Å². The smallest absolute Gasteiger partial charge is 0 e. The van der Waals surface area contributed by atoms with Gasteiger partial charge in [0.25, 0.3) is 0 Å². The number of hydrogen-bond acceptors (Lipinski definition) is 0. The molecule has 1 aromatic rings. The van der Waals surface area contributed by atoms with Crippen LogP contribution in [0.25, 0.3) is 0 Å². The van der Waals surface area contributed by atoms with Gasteiger partial charge in [-0.2, -0.15) is 17.2 Å². The molecule has 10 heavy (non-hydrogen) atoms. The molecule has 0 spiro atoms. The molecule has 0 fully saturated rings. The van der Waals surface area contributed by atoms with Gasteiger partial charge in [-0.15, -0.1) is 24.8 Å². The molecule has 0 amide bonds. The Balaban J connectivity index is -0.000000163. The first-order chi connectivity index (χ1) is 3.30. The number of rotatable bonds is 0. The summed E-state index contributed by atoms with van der Waals surface area (Å²) >= 11 is 0. The molecule has 58 valence electrons. The Labute approximate surface area is 93.7 Å². The first-order valence-electron chi connectivity index (χ1n) is 2.49. The molecule has 0 aliphatic carbocycles. The summed E-state index contributed by atoms with van der Waals surface area (Å²) in [5.74, 6) is 0. The van der Waals surface area contributed by atoms with Crippen molar-refractivity contribution in [2.24, 2.45) is 0 Å². The third kappa shape index (κ3) is 4.60. The van der Waals surface area contributed by atoms with E-state index in [1.54, 1.807) is 0 Å². The minimum Gasteiger partial charge on any atom is -0.213 e. The van der Waals surface area contributed by atoms with Crippen LogP contribution in [-0.2, 0) is 26.2 Å². The molecule has 0 atom stereocenters. The second-order valence-corrected chi connectivity index (χ2v) is 1.89. The van der Waals surface area contributed by atoms with Gasteiger partial charge < -0.3 is 0 Å². The van der Waals surface area contributed by atoms with Crippen LogP contribution in [0.4, 0.5) is 0 Å². The largest absolute Gasteiger partial charge is 0.213 e. The molecule has 0 saturated heterocycles. The van der Waals surface area contributed by atoms with E-state index in [0.717, 1.165) is 0 Å². The van der Waals surface area contributed by atoms with Crippen LogP contribution in [-0.4, -0.2) is 0 Å². The molecule has 0 unspecified atom stereocenters. The van der Waals surface area contributed by atoms with Gasteiger partial charge in [0.1, 0.15) is 0 Å². The first kappa shape index (κ1) is 17.1. The van der Waals surface area contributed by atoms with Crippen molar-refractivity contribution in [1.82, 2.24) is 0 Å². The standard InChI is InChI=1S/C7H9.2ClH.Zr/c1-6-4-3-5-7(6)2;;;/h3-5H,1-2H3;2*1H;/q-1;;;. The molecule has 1 aromatic carbocycles. The van der Waals surface area contributed by atoms with Gasteiger partial charge in [-0.05, 0) is 0 Å². The van der Waals surface area contributed by atoms with E-state index >= 15 is 0 Å². The number of halogens is 2. The van der Waals surface area contributed by atoms with E-state index in [9.17, 15) is 0 Å². The van der Waals surface area contributed by atoms with E-state index in [0.29, 0.717) is 0 Å². The molecule has 0 nitrogen and oxygen atoms in total. The van der Waals surface area contributed by atoms with Gasteiger partial charge in [-0.1, -0.05) is 13.8 Å². The molecule has 0 N–H and O–H groups in total. The van der Waals surface area contributed by atoms with Crippen molar-refractivity contribution in [3.8, 4) is 0 Å². The fraction of sp³-hybridized carbons (Fsp3) is 0.286. The van der Waals surface area contributed by atoms with Gasteiger partial charge in [0.05, 0.1) is 0 Å². The van der Waals surface area contributed by atoms with E-state index in [1.165, 1.54) is 11.1 Å². The Hall–Kier alpha value is 0.813. The average molecular weight is 257 g/mol. The Morgan fingerprint density at radius 3 is 1.90 bits per heavy atom. The van der Waals surface area contributed by atoms with Crippen molar-refractivity contribution in [1.29, 1.82) is 0 Å². The molecule has 0 aliphatic rings. The Morgan fingerprint density at radius 1 is 1.30 bits per heavy atom. The maximum atomic E-state index is 2.12. The van der Waals surface area contributed by atoms with Crippen LogP contribution in [0.1, 0.15) is 11.1 Å². The minimum absolute atomic E-state index is 0. The minimum atomic E-state index is 0. The van der Waals surface area contributed by atoms with Crippen molar-refractivity contribution in [3.05, 3.63) is 29.3 Å². The second kappa shape index (κ2) is 7.92. The van der Waals surface area contributed by atoms with Gasteiger partial charge in [0.15, 0.2) is 0 Å². The maximum absolute atomic E-state index is 2.12. The molecular formula is C7H11Cl2Zr-. The summed E-state index contributed by atoms with van der Waals surface area (Å²) in [5.41, 5.74) is 2.78. The summed E-state index contributed by atoms with van der Waals surface area (Å²) in [5, 5.41) is 0. The van der Waals surface area contributed by atoms with Crippen LogP contribution >= 0.6 is 24.8 Å². The average Bonchev–Trinajstić information content (AvgIpc) is 1.91. The molecule has 3 heteroatoms. The number of hydrogen-bond donors (Lipinski definition) is 0. The predicted molar refractivity (Wildman–Crippen MR) is 46.0 cm³/mol. The second-order valence-electron chi connectivity index (χ2n) is 1.89.